The number of hydrogen-bond acceptors (Lipinski definition) is 3. The lowest BCUT2D eigenvalue weighted by atomic mass is 9.72. The fourth-order valence-corrected chi connectivity index (χ4v) is 2.66. The first kappa shape index (κ1) is 12.9. The highest BCUT2D eigenvalue weighted by Crippen LogP contribution is 2.36. The number of hydrogen-bond donors (Lipinski definition) is 1. The van der Waals surface area contributed by atoms with Crippen molar-refractivity contribution in [3.05, 3.63) is 0 Å². The van der Waals surface area contributed by atoms with E-state index in [1.807, 2.05) is 0 Å². The normalized spacial score (nSPS) is 26.8. The van der Waals surface area contributed by atoms with Crippen LogP contribution in [0, 0.1) is 11.3 Å². The third kappa shape index (κ3) is 3.74. The Bertz CT molecular complexity index is 182. The average molecular weight is 214 g/mol. The zero-order valence-electron chi connectivity index (χ0n) is 10.5. The first-order chi connectivity index (χ1) is 7.10. The first-order valence-electron chi connectivity index (χ1n) is 6.01. The summed E-state index contributed by atoms with van der Waals surface area (Å²) >= 11 is 0. The van der Waals surface area contributed by atoms with Crippen LogP contribution in [0.25, 0.3) is 0 Å². The Morgan fingerprint density at radius 2 is 2.20 bits per heavy atom. The zero-order chi connectivity index (χ0) is 11.3. The Labute approximate surface area is 94.0 Å². The van der Waals surface area contributed by atoms with Crippen molar-refractivity contribution in [1.29, 1.82) is 0 Å². The van der Waals surface area contributed by atoms with Crippen molar-refractivity contribution >= 4 is 0 Å². The van der Waals surface area contributed by atoms with Crippen LogP contribution in [-0.4, -0.2) is 44.8 Å². The van der Waals surface area contributed by atoms with Gasteiger partial charge in [-0.2, -0.15) is 0 Å². The van der Waals surface area contributed by atoms with E-state index in [0.717, 1.165) is 25.6 Å². The second-order valence-electron chi connectivity index (χ2n) is 5.32. The summed E-state index contributed by atoms with van der Waals surface area (Å²) in [6.07, 6.45) is 2.46. The highest BCUT2D eigenvalue weighted by molar-refractivity contribution is 4.87. The molecule has 0 bridgehead atoms. The van der Waals surface area contributed by atoms with Gasteiger partial charge in [-0.1, -0.05) is 13.8 Å². The summed E-state index contributed by atoms with van der Waals surface area (Å²) in [6.45, 7) is 9.86. The van der Waals surface area contributed by atoms with Gasteiger partial charge in [0.25, 0.3) is 0 Å². The summed E-state index contributed by atoms with van der Waals surface area (Å²) in [5.41, 5.74) is 6.07. The standard InChI is InChI=1S/C12H26N2O/c1-12(2)10-14(8-9-15-3)7-5-11(12)4-6-13/h11H,4-10,13H2,1-3H3. The molecule has 0 amide bonds. The van der Waals surface area contributed by atoms with E-state index < -0.39 is 0 Å². The van der Waals surface area contributed by atoms with E-state index in [2.05, 4.69) is 18.7 Å². The van der Waals surface area contributed by atoms with Crippen LogP contribution in [0.4, 0.5) is 0 Å². The molecule has 0 aliphatic carbocycles. The van der Waals surface area contributed by atoms with E-state index in [-0.39, 0.29) is 0 Å². The Kier molecular flexibility index (Phi) is 5.03. The summed E-state index contributed by atoms with van der Waals surface area (Å²) in [7, 11) is 1.77. The van der Waals surface area contributed by atoms with Gasteiger partial charge in [-0.05, 0) is 37.3 Å². The van der Waals surface area contributed by atoms with Crippen molar-refractivity contribution in [1.82, 2.24) is 4.90 Å². The summed E-state index contributed by atoms with van der Waals surface area (Å²) in [5.74, 6) is 0.793. The summed E-state index contributed by atoms with van der Waals surface area (Å²) in [6, 6.07) is 0. The first-order valence-corrected chi connectivity index (χ1v) is 6.01. The number of likely N-dealkylation sites (tertiary alicyclic amines) is 1. The fraction of sp³-hybridized carbons (Fsp3) is 1.00. The van der Waals surface area contributed by atoms with Crippen LogP contribution >= 0.6 is 0 Å². The third-order valence-electron chi connectivity index (χ3n) is 3.66. The molecule has 1 saturated heterocycles. The minimum Gasteiger partial charge on any atom is -0.383 e. The number of nitrogens with two attached hydrogens (primary N) is 1. The van der Waals surface area contributed by atoms with Crippen LogP contribution < -0.4 is 5.73 Å². The van der Waals surface area contributed by atoms with Crippen molar-refractivity contribution in [2.45, 2.75) is 26.7 Å². The largest absolute Gasteiger partial charge is 0.383 e. The second kappa shape index (κ2) is 5.83. The van der Waals surface area contributed by atoms with E-state index in [9.17, 15) is 0 Å². The van der Waals surface area contributed by atoms with E-state index in [0.29, 0.717) is 5.41 Å². The molecule has 3 nitrogen and oxygen atoms in total. The molecule has 1 fully saturated rings. The minimum atomic E-state index is 0.408. The van der Waals surface area contributed by atoms with Gasteiger partial charge in [-0.3, -0.25) is 0 Å². The molecule has 0 radical (unpaired) electrons. The summed E-state index contributed by atoms with van der Waals surface area (Å²) in [5, 5.41) is 0. The van der Waals surface area contributed by atoms with E-state index in [1.165, 1.54) is 25.9 Å². The molecule has 2 N–H and O–H groups in total. The van der Waals surface area contributed by atoms with Crippen LogP contribution in [0.3, 0.4) is 0 Å². The van der Waals surface area contributed by atoms with Crippen LogP contribution in [0.1, 0.15) is 26.7 Å². The van der Waals surface area contributed by atoms with Gasteiger partial charge in [-0.25, -0.2) is 0 Å². The van der Waals surface area contributed by atoms with Crippen molar-refractivity contribution < 1.29 is 4.74 Å². The third-order valence-corrected chi connectivity index (χ3v) is 3.66. The molecule has 1 rings (SSSR count). The number of rotatable bonds is 5. The molecule has 0 aromatic heterocycles. The molecule has 90 valence electrons. The van der Waals surface area contributed by atoms with Gasteiger partial charge in [0.15, 0.2) is 0 Å². The molecule has 1 heterocycles. The van der Waals surface area contributed by atoms with Crippen molar-refractivity contribution in [3.8, 4) is 0 Å². The molecule has 1 aliphatic heterocycles. The quantitative estimate of drug-likeness (QED) is 0.750. The molecule has 1 unspecified atom stereocenters. The monoisotopic (exact) mass is 214 g/mol. The Morgan fingerprint density at radius 1 is 1.47 bits per heavy atom. The lowest BCUT2D eigenvalue weighted by Gasteiger charge is -2.44. The Hall–Kier alpha value is -0.120. The lowest BCUT2D eigenvalue weighted by molar-refractivity contribution is 0.0360. The van der Waals surface area contributed by atoms with E-state index in [1.54, 1.807) is 7.11 Å². The van der Waals surface area contributed by atoms with Crippen molar-refractivity contribution in [2.75, 3.05) is 39.9 Å². The molecule has 0 aromatic rings. The second-order valence-corrected chi connectivity index (χ2v) is 5.32. The summed E-state index contributed by atoms with van der Waals surface area (Å²) < 4.78 is 5.13. The number of nitrogens with zero attached hydrogens (tertiary/aromatic N) is 1. The maximum Gasteiger partial charge on any atom is 0.0589 e. The molecular weight excluding hydrogens is 188 g/mol. The topological polar surface area (TPSA) is 38.5 Å². The Balaban J connectivity index is 2.41. The molecule has 0 saturated carbocycles. The van der Waals surface area contributed by atoms with Crippen molar-refractivity contribution in [2.24, 2.45) is 17.1 Å². The number of piperidine rings is 1. The molecular formula is C12H26N2O. The van der Waals surface area contributed by atoms with Gasteiger partial charge >= 0.3 is 0 Å². The average Bonchev–Trinajstić information content (AvgIpc) is 2.18. The van der Waals surface area contributed by atoms with Crippen molar-refractivity contribution in [3.63, 3.8) is 0 Å². The van der Waals surface area contributed by atoms with Gasteiger partial charge < -0.3 is 15.4 Å². The maximum absolute atomic E-state index is 5.66. The molecule has 1 aliphatic rings. The Morgan fingerprint density at radius 3 is 2.73 bits per heavy atom. The molecule has 3 heteroatoms. The fourth-order valence-electron chi connectivity index (χ4n) is 2.66. The highest BCUT2D eigenvalue weighted by Gasteiger charge is 2.34. The molecule has 0 spiro atoms. The van der Waals surface area contributed by atoms with Crippen LogP contribution in [-0.2, 0) is 4.74 Å². The van der Waals surface area contributed by atoms with Gasteiger partial charge in [0.2, 0.25) is 0 Å². The smallest absolute Gasteiger partial charge is 0.0589 e. The lowest BCUT2D eigenvalue weighted by Crippen LogP contribution is -2.47. The molecule has 15 heavy (non-hydrogen) atoms. The predicted octanol–water partition coefficient (Wildman–Crippen LogP) is 1.33. The molecule has 1 atom stereocenters. The van der Waals surface area contributed by atoms with Gasteiger partial charge in [0.1, 0.15) is 0 Å². The number of methoxy groups -OCH3 is 1. The van der Waals surface area contributed by atoms with Crippen LogP contribution in [0.15, 0.2) is 0 Å². The van der Waals surface area contributed by atoms with Gasteiger partial charge in [0.05, 0.1) is 6.61 Å². The maximum atomic E-state index is 5.66. The van der Waals surface area contributed by atoms with E-state index in [4.69, 9.17) is 10.5 Å². The van der Waals surface area contributed by atoms with Gasteiger partial charge in [0, 0.05) is 20.2 Å². The van der Waals surface area contributed by atoms with Crippen LogP contribution in [0.2, 0.25) is 0 Å². The zero-order valence-corrected chi connectivity index (χ0v) is 10.5. The SMILES string of the molecule is COCCN1CCC(CCN)C(C)(C)C1. The van der Waals surface area contributed by atoms with E-state index >= 15 is 0 Å². The highest BCUT2D eigenvalue weighted by atomic mass is 16.5. The van der Waals surface area contributed by atoms with Crippen LogP contribution in [0.5, 0.6) is 0 Å². The minimum absolute atomic E-state index is 0.408. The molecule has 0 aromatic carbocycles. The number of ether oxygens (including phenoxy) is 1. The summed E-state index contributed by atoms with van der Waals surface area (Å²) in [4.78, 5) is 2.51. The predicted molar refractivity (Wildman–Crippen MR) is 63.9 cm³/mol. The van der Waals surface area contributed by atoms with Gasteiger partial charge in [-0.15, -0.1) is 0 Å².